The van der Waals surface area contributed by atoms with Crippen molar-refractivity contribution in [3.8, 4) is 0 Å². The number of carbonyl (C=O) groups excluding carboxylic acids is 1. The van der Waals surface area contributed by atoms with E-state index in [1.54, 1.807) is 11.1 Å². The first-order valence-corrected chi connectivity index (χ1v) is 15.3. The lowest BCUT2D eigenvalue weighted by molar-refractivity contribution is -0.141. The van der Waals surface area contributed by atoms with Gasteiger partial charge in [-0.3, -0.25) is 4.79 Å². The molecule has 0 aliphatic heterocycles. The van der Waals surface area contributed by atoms with Gasteiger partial charge in [-0.15, -0.1) is 0 Å². The molecule has 2 heteroatoms. The lowest BCUT2D eigenvalue weighted by atomic mass is 9.91. The van der Waals surface area contributed by atoms with E-state index in [-0.39, 0.29) is 5.97 Å². The van der Waals surface area contributed by atoms with Gasteiger partial charge in [0.15, 0.2) is 0 Å². The lowest BCUT2D eigenvalue weighted by Crippen LogP contribution is -1.99. The molecule has 0 heterocycles. The van der Waals surface area contributed by atoms with Gasteiger partial charge >= 0.3 is 5.97 Å². The Kier molecular flexibility index (Phi) is 20.0. The summed E-state index contributed by atoms with van der Waals surface area (Å²) in [6.45, 7) is 8.66. The van der Waals surface area contributed by atoms with Crippen LogP contribution in [-0.2, 0) is 22.4 Å². The van der Waals surface area contributed by atoms with E-state index in [4.69, 9.17) is 0 Å². The minimum absolute atomic E-state index is 0.182. The van der Waals surface area contributed by atoms with Crippen LogP contribution in [0.15, 0.2) is 36.4 Å². The Labute approximate surface area is 223 Å². The molecule has 2 nitrogen and oxygen atoms in total. The number of ether oxygens (including phenoxy) is 1. The molecule has 0 spiro atoms. The Bertz CT molecular complexity index is 795. The molecule has 0 aromatic heterocycles. The van der Waals surface area contributed by atoms with Crippen LogP contribution in [0.5, 0.6) is 0 Å². The van der Waals surface area contributed by atoms with Crippen LogP contribution in [0, 0.1) is 0 Å². The van der Waals surface area contributed by atoms with E-state index in [0.29, 0.717) is 6.61 Å². The highest BCUT2D eigenvalue weighted by molar-refractivity contribution is 5.86. The van der Waals surface area contributed by atoms with Gasteiger partial charge in [0.25, 0.3) is 0 Å². The molecule has 0 atom stereocenters. The lowest BCUT2D eigenvalue weighted by Gasteiger charge is -2.14. The summed E-state index contributed by atoms with van der Waals surface area (Å²) in [5.74, 6) is -0.182. The average Bonchev–Trinajstić information content (AvgIpc) is 2.88. The zero-order valence-electron chi connectivity index (χ0n) is 24.2. The molecule has 0 N–H and O–H groups in total. The molecule has 0 aliphatic carbocycles. The van der Waals surface area contributed by atoms with Crippen molar-refractivity contribution in [2.45, 2.75) is 143 Å². The summed E-state index contributed by atoms with van der Waals surface area (Å²) in [4.78, 5) is 10.1. The summed E-state index contributed by atoms with van der Waals surface area (Å²) in [5, 5.41) is 2.93. The molecule has 0 unspecified atom stereocenters. The molecule has 36 heavy (non-hydrogen) atoms. The molecule has 0 amide bonds. The van der Waals surface area contributed by atoms with Crippen molar-refractivity contribution in [3.63, 3.8) is 0 Å². The Hall–Kier alpha value is -1.83. The summed E-state index contributed by atoms with van der Waals surface area (Å²) in [6.07, 6.45) is 24.1. The standard InChI is InChI=1S/C28H44.C6H12O2/c1-3-5-7-9-11-13-15-19-25-23-24-26-20-17-18-22-28(26)27(25)21-16-14-12-10-8-6-4-2;1-3-4-5-8-6(2)7/h17-18,20,22-24H,3-16,19,21H2,1-2H3;3-5H2,1-2H3. The number of carbonyl (C=O) groups is 1. The Morgan fingerprint density at radius 1 is 0.611 bits per heavy atom. The summed E-state index contributed by atoms with van der Waals surface area (Å²) < 4.78 is 4.64. The fourth-order valence-electron chi connectivity index (χ4n) is 4.80. The highest BCUT2D eigenvalue weighted by Crippen LogP contribution is 2.26. The van der Waals surface area contributed by atoms with Crippen LogP contribution in [0.3, 0.4) is 0 Å². The predicted molar refractivity (Wildman–Crippen MR) is 159 cm³/mol. The van der Waals surface area contributed by atoms with Gasteiger partial charge in [0.05, 0.1) is 6.61 Å². The molecule has 0 saturated carbocycles. The van der Waals surface area contributed by atoms with Crippen molar-refractivity contribution in [2.24, 2.45) is 0 Å². The smallest absolute Gasteiger partial charge is 0.302 e. The van der Waals surface area contributed by atoms with Crippen molar-refractivity contribution < 1.29 is 9.53 Å². The predicted octanol–water partition coefficient (Wildman–Crippen LogP) is 10.8. The Morgan fingerprint density at radius 2 is 1.14 bits per heavy atom. The number of fused-ring (bicyclic) bond motifs is 1. The largest absolute Gasteiger partial charge is 0.466 e. The average molecular weight is 497 g/mol. The second kappa shape index (κ2) is 22.4. The van der Waals surface area contributed by atoms with Crippen LogP contribution in [0.25, 0.3) is 10.8 Å². The van der Waals surface area contributed by atoms with Crippen molar-refractivity contribution in [1.82, 2.24) is 0 Å². The molecule has 0 bridgehead atoms. The first-order chi connectivity index (χ1) is 17.6. The summed E-state index contributed by atoms with van der Waals surface area (Å²) >= 11 is 0. The van der Waals surface area contributed by atoms with E-state index in [0.717, 1.165) is 12.8 Å². The third-order valence-corrected chi connectivity index (χ3v) is 7.02. The van der Waals surface area contributed by atoms with Gasteiger partial charge in [-0.05, 0) is 54.0 Å². The molecule has 0 saturated heterocycles. The van der Waals surface area contributed by atoms with E-state index >= 15 is 0 Å². The van der Waals surface area contributed by atoms with Gasteiger partial charge in [-0.2, -0.15) is 0 Å². The monoisotopic (exact) mass is 496 g/mol. The maximum Gasteiger partial charge on any atom is 0.302 e. The van der Waals surface area contributed by atoms with Crippen LogP contribution in [0.4, 0.5) is 0 Å². The third-order valence-electron chi connectivity index (χ3n) is 7.02. The number of hydrogen-bond donors (Lipinski definition) is 0. The molecule has 2 aromatic carbocycles. The number of unbranched alkanes of at least 4 members (excludes halogenated alkanes) is 13. The summed E-state index contributed by atoms with van der Waals surface area (Å²) in [5.41, 5.74) is 3.27. The van der Waals surface area contributed by atoms with Crippen molar-refractivity contribution in [1.29, 1.82) is 0 Å². The molecule has 0 fully saturated rings. The van der Waals surface area contributed by atoms with Gasteiger partial charge in [0.1, 0.15) is 0 Å². The van der Waals surface area contributed by atoms with Gasteiger partial charge in [-0.1, -0.05) is 141 Å². The molecule has 2 rings (SSSR count). The zero-order chi connectivity index (χ0) is 26.3. The topological polar surface area (TPSA) is 26.3 Å². The molecule has 0 radical (unpaired) electrons. The first kappa shape index (κ1) is 32.2. The summed E-state index contributed by atoms with van der Waals surface area (Å²) in [7, 11) is 0. The molecular formula is C34H56O2. The van der Waals surface area contributed by atoms with Crippen molar-refractivity contribution in [3.05, 3.63) is 47.5 Å². The number of esters is 1. The van der Waals surface area contributed by atoms with Crippen LogP contribution < -0.4 is 0 Å². The van der Waals surface area contributed by atoms with E-state index < -0.39 is 0 Å². The quantitative estimate of drug-likeness (QED) is 0.143. The second-order valence-corrected chi connectivity index (χ2v) is 10.4. The van der Waals surface area contributed by atoms with Crippen LogP contribution >= 0.6 is 0 Å². The molecule has 0 aliphatic rings. The fraction of sp³-hybridized carbons (Fsp3) is 0.676. The Balaban J connectivity index is 0.000000697. The molecular weight excluding hydrogens is 440 g/mol. The van der Waals surface area contributed by atoms with Gasteiger partial charge in [0, 0.05) is 6.92 Å². The normalized spacial score (nSPS) is 10.8. The van der Waals surface area contributed by atoms with Crippen molar-refractivity contribution in [2.75, 3.05) is 6.61 Å². The van der Waals surface area contributed by atoms with E-state index in [1.807, 2.05) is 0 Å². The minimum atomic E-state index is -0.182. The van der Waals surface area contributed by atoms with Gasteiger partial charge in [0.2, 0.25) is 0 Å². The SMILES string of the molecule is CCCCCCCCCc1ccc2ccccc2c1CCCCCCCCC.CCCCOC(C)=O. The van der Waals surface area contributed by atoms with Gasteiger partial charge in [-0.25, -0.2) is 0 Å². The number of hydrogen-bond acceptors (Lipinski definition) is 2. The van der Waals surface area contributed by atoms with Gasteiger partial charge < -0.3 is 4.74 Å². The second-order valence-electron chi connectivity index (χ2n) is 10.4. The number of rotatable bonds is 19. The highest BCUT2D eigenvalue weighted by atomic mass is 16.5. The maximum atomic E-state index is 10.1. The highest BCUT2D eigenvalue weighted by Gasteiger charge is 2.08. The third kappa shape index (κ3) is 15.3. The van der Waals surface area contributed by atoms with Crippen LogP contribution in [-0.4, -0.2) is 12.6 Å². The molecule has 204 valence electrons. The Morgan fingerprint density at radius 3 is 1.72 bits per heavy atom. The minimum Gasteiger partial charge on any atom is -0.466 e. The maximum absolute atomic E-state index is 10.1. The van der Waals surface area contributed by atoms with Crippen LogP contribution in [0.2, 0.25) is 0 Å². The zero-order valence-corrected chi connectivity index (χ0v) is 24.2. The molecule has 2 aromatic rings. The van der Waals surface area contributed by atoms with E-state index in [9.17, 15) is 4.79 Å². The number of aryl methyl sites for hydroxylation is 2. The van der Waals surface area contributed by atoms with Crippen LogP contribution in [0.1, 0.15) is 142 Å². The fourth-order valence-corrected chi connectivity index (χ4v) is 4.80. The van der Waals surface area contributed by atoms with E-state index in [1.165, 1.54) is 120 Å². The number of benzene rings is 2. The first-order valence-electron chi connectivity index (χ1n) is 15.3. The van der Waals surface area contributed by atoms with E-state index in [2.05, 4.69) is 61.9 Å². The van der Waals surface area contributed by atoms with Crippen molar-refractivity contribution >= 4 is 16.7 Å². The summed E-state index contributed by atoms with van der Waals surface area (Å²) in [6, 6.07) is 13.8.